The van der Waals surface area contributed by atoms with E-state index < -0.39 is 0 Å². The lowest BCUT2D eigenvalue weighted by Gasteiger charge is -2.10. The van der Waals surface area contributed by atoms with E-state index in [4.69, 9.17) is 5.84 Å². The van der Waals surface area contributed by atoms with Gasteiger partial charge in [0, 0.05) is 8.45 Å². The number of aromatic nitrogens is 2. The number of nitrogen functional groups attached to an aromatic ring is 1. The SMILES string of the molecule is Cc1cc2c(Nc3ccc(F)cc3I)nc(NN)nc2s1. The van der Waals surface area contributed by atoms with Crippen LogP contribution in [0.3, 0.4) is 0 Å². The van der Waals surface area contributed by atoms with Crippen LogP contribution in [-0.4, -0.2) is 9.97 Å². The van der Waals surface area contributed by atoms with E-state index in [1.165, 1.54) is 12.1 Å². The second-order valence-corrected chi connectivity index (χ2v) is 6.76. The maximum Gasteiger partial charge on any atom is 0.240 e. The smallest absolute Gasteiger partial charge is 0.240 e. The van der Waals surface area contributed by atoms with Gasteiger partial charge in [-0.1, -0.05) is 0 Å². The van der Waals surface area contributed by atoms with Gasteiger partial charge >= 0.3 is 0 Å². The van der Waals surface area contributed by atoms with Gasteiger partial charge in [-0.15, -0.1) is 11.3 Å². The van der Waals surface area contributed by atoms with Crippen molar-refractivity contribution in [2.45, 2.75) is 6.92 Å². The fourth-order valence-electron chi connectivity index (χ4n) is 1.92. The van der Waals surface area contributed by atoms with Crippen molar-refractivity contribution in [3.05, 3.63) is 38.5 Å². The first-order valence-electron chi connectivity index (χ1n) is 6.03. The van der Waals surface area contributed by atoms with Gasteiger partial charge in [0.2, 0.25) is 5.95 Å². The molecular formula is C13H11FIN5S. The number of benzene rings is 1. The van der Waals surface area contributed by atoms with Gasteiger partial charge in [0.05, 0.1) is 11.1 Å². The third kappa shape index (κ3) is 2.92. The molecule has 0 aliphatic heterocycles. The van der Waals surface area contributed by atoms with Crippen LogP contribution in [-0.2, 0) is 0 Å². The number of aryl methyl sites for hydroxylation is 1. The molecule has 2 heterocycles. The molecular weight excluding hydrogens is 404 g/mol. The fourth-order valence-corrected chi connectivity index (χ4v) is 3.41. The van der Waals surface area contributed by atoms with Gasteiger partial charge < -0.3 is 5.32 Å². The lowest BCUT2D eigenvalue weighted by molar-refractivity contribution is 0.627. The summed E-state index contributed by atoms with van der Waals surface area (Å²) in [5.74, 6) is 6.12. The largest absolute Gasteiger partial charge is 0.339 e. The quantitative estimate of drug-likeness (QED) is 0.345. The molecule has 4 N–H and O–H groups in total. The minimum absolute atomic E-state index is 0.270. The number of nitrogens with two attached hydrogens (primary N) is 1. The van der Waals surface area contributed by atoms with E-state index in [0.29, 0.717) is 11.8 Å². The first-order valence-corrected chi connectivity index (χ1v) is 7.93. The lowest BCUT2D eigenvalue weighted by atomic mass is 10.3. The van der Waals surface area contributed by atoms with Crippen molar-refractivity contribution in [3.8, 4) is 0 Å². The highest BCUT2D eigenvalue weighted by atomic mass is 127. The lowest BCUT2D eigenvalue weighted by Crippen LogP contribution is -2.11. The number of anilines is 3. The van der Waals surface area contributed by atoms with E-state index in [0.717, 1.165) is 24.4 Å². The van der Waals surface area contributed by atoms with Gasteiger partial charge in [-0.25, -0.2) is 15.2 Å². The normalized spacial score (nSPS) is 10.9. The topological polar surface area (TPSA) is 75.9 Å². The monoisotopic (exact) mass is 415 g/mol. The Labute approximate surface area is 137 Å². The molecule has 0 amide bonds. The summed E-state index contributed by atoms with van der Waals surface area (Å²) in [7, 11) is 0. The van der Waals surface area contributed by atoms with Crippen LogP contribution in [0.5, 0.6) is 0 Å². The molecule has 0 bridgehead atoms. The molecule has 2 aromatic heterocycles. The fraction of sp³-hybridized carbons (Fsp3) is 0.0769. The highest BCUT2D eigenvalue weighted by Crippen LogP contribution is 2.32. The van der Waals surface area contributed by atoms with Crippen molar-refractivity contribution >= 4 is 61.6 Å². The van der Waals surface area contributed by atoms with Gasteiger partial charge in [0.25, 0.3) is 0 Å². The number of nitrogens with zero attached hydrogens (tertiary/aromatic N) is 2. The third-order valence-electron chi connectivity index (χ3n) is 2.83. The minimum Gasteiger partial charge on any atom is -0.339 e. The van der Waals surface area contributed by atoms with E-state index in [2.05, 4.69) is 43.3 Å². The summed E-state index contributed by atoms with van der Waals surface area (Å²) in [6.45, 7) is 2.01. The molecule has 1 aromatic carbocycles. The number of hydrogen-bond donors (Lipinski definition) is 3. The van der Waals surface area contributed by atoms with Crippen LogP contribution in [0.25, 0.3) is 10.2 Å². The van der Waals surface area contributed by atoms with E-state index >= 15 is 0 Å². The summed E-state index contributed by atoms with van der Waals surface area (Å²) in [4.78, 5) is 10.6. The third-order valence-corrected chi connectivity index (χ3v) is 4.67. The predicted molar refractivity (Wildman–Crippen MR) is 92.4 cm³/mol. The first kappa shape index (κ1) is 14.4. The molecule has 0 saturated carbocycles. The predicted octanol–water partition coefficient (Wildman–Crippen LogP) is 3.77. The minimum atomic E-state index is -0.270. The highest BCUT2D eigenvalue weighted by molar-refractivity contribution is 14.1. The van der Waals surface area contributed by atoms with Crippen molar-refractivity contribution in [1.29, 1.82) is 0 Å². The number of nitrogens with one attached hydrogen (secondary N) is 2. The standard InChI is InChI=1S/C13H11FIN5S/c1-6-4-8-11(18-13(20-16)19-12(8)21-6)17-10-3-2-7(14)5-9(10)15/h2-5H,16H2,1H3,(H2,17,18,19,20). The van der Waals surface area contributed by atoms with Crippen molar-refractivity contribution < 1.29 is 4.39 Å². The Hall–Kier alpha value is -1.52. The van der Waals surface area contributed by atoms with Crippen LogP contribution in [0.1, 0.15) is 4.88 Å². The van der Waals surface area contributed by atoms with Crippen LogP contribution >= 0.6 is 33.9 Å². The Morgan fingerprint density at radius 2 is 2.10 bits per heavy atom. The van der Waals surface area contributed by atoms with Crippen molar-refractivity contribution in [3.63, 3.8) is 0 Å². The maximum atomic E-state index is 13.2. The van der Waals surface area contributed by atoms with E-state index in [1.54, 1.807) is 17.4 Å². The summed E-state index contributed by atoms with van der Waals surface area (Å²) in [5.41, 5.74) is 3.24. The first-order chi connectivity index (χ1) is 10.1. The summed E-state index contributed by atoms with van der Waals surface area (Å²) < 4.78 is 14.0. The number of halogens is 2. The zero-order valence-corrected chi connectivity index (χ0v) is 13.9. The van der Waals surface area contributed by atoms with Crippen LogP contribution in [0, 0.1) is 16.3 Å². The number of thiophene rings is 1. The molecule has 0 unspecified atom stereocenters. The second kappa shape index (κ2) is 5.70. The molecule has 3 rings (SSSR count). The molecule has 3 aromatic rings. The van der Waals surface area contributed by atoms with Crippen LogP contribution in [0.15, 0.2) is 24.3 Å². The van der Waals surface area contributed by atoms with Gasteiger partial charge in [-0.05, 0) is 53.8 Å². The number of hydrazine groups is 1. The molecule has 5 nitrogen and oxygen atoms in total. The Kier molecular flexibility index (Phi) is 3.91. The van der Waals surface area contributed by atoms with Gasteiger partial charge in [0.1, 0.15) is 16.5 Å². The van der Waals surface area contributed by atoms with E-state index in [9.17, 15) is 4.39 Å². The van der Waals surface area contributed by atoms with E-state index in [-0.39, 0.29) is 5.82 Å². The second-order valence-electron chi connectivity index (χ2n) is 4.37. The molecule has 0 spiro atoms. The molecule has 21 heavy (non-hydrogen) atoms. The molecule has 108 valence electrons. The maximum absolute atomic E-state index is 13.2. The summed E-state index contributed by atoms with van der Waals surface area (Å²) in [5, 5.41) is 4.13. The van der Waals surface area contributed by atoms with E-state index in [1.807, 2.05) is 13.0 Å². The van der Waals surface area contributed by atoms with Crippen molar-refractivity contribution in [2.75, 3.05) is 10.7 Å². The van der Waals surface area contributed by atoms with Crippen LogP contribution < -0.4 is 16.6 Å². The molecule has 0 fully saturated rings. The van der Waals surface area contributed by atoms with Gasteiger partial charge in [0.15, 0.2) is 0 Å². The van der Waals surface area contributed by atoms with Crippen molar-refractivity contribution in [1.82, 2.24) is 9.97 Å². The number of hydrogen-bond acceptors (Lipinski definition) is 6. The number of fused-ring (bicyclic) bond motifs is 1. The zero-order chi connectivity index (χ0) is 15.0. The molecule has 0 aliphatic carbocycles. The Morgan fingerprint density at radius 1 is 1.29 bits per heavy atom. The van der Waals surface area contributed by atoms with Crippen LogP contribution in [0.4, 0.5) is 21.8 Å². The summed E-state index contributed by atoms with van der Waals surface area (Å²) in [6, 6.07) is 6.56. The average molecular weight is 415 g/mol. The molecule has 0 radical (unpaired) electrons. The Bertz CT molecular complexity index is 820. The molecule has 0 aliphatic rings. The Balaban J connectivity index is 2.10. The van der Waals surface area contributed by atoms with Gasteiger partial charge in [-0.3, -0.25) is 5.43 Å². The highest BCUT2D eigenvalue weighted by Gasteiger charge is 2.12. The molecule has 8 heteroatoms. The molecule has 0 atom stereocenters. The van der Waals surface area contributed by atoms with Crippen molar-refractivity contribution in [2.24, 2.45) is 5.84 Å². The van der Waals surface area contributed by atoms with Crippen LogP contribution in [0.2, 0.25) is 0 Å². The average Bonchev–Trinajstić information content (AvgIpc) is 2.82. The number of rotatable bonds is 3. The van der Waals surface area contributed by atoms with Gasteiger partial charge in [-0.2, -0.15) is 4.98 Å². The summed E-state index contributed by atoms with van der Waals surface area (Å²) >= 11 is 3.64. The Morgan fingerprint density at radius 3 is 2.81 bits per heavy atom. The zero-order valence-electron chi connectivity index (χ0n) is 10.9. The molecule has 0 saturated heterocycles. The summed E-state index contributed by atoms with van der Waals surface area (Å²) in [6.07, 6.45) is 0.